The second-order valence-electron chi connectivity index (χ2n) is 3.62. The molecule has 1 unspecified atom stereocenters. The minimum Gasteiger partial charge on any atom is -0.481 e. The number of carboxylic acids is 1. The molecule has 0 bridgehead atoms. The zero-order valence-corrected chi connectivity index (χ0v) is 8.93. The maximum absolute atomic E-state index is 11.3. The Morgan fingerprint density at radius 3 is 2.60 bits per heavy atom. The standard InChI is InChI=1S/C11H15NO3/c1-11(10(13)14,5-8-15-2)9-3-6-12-7-4-9/h3-4,6-7H,5,8H2,1-2H3,(H,13,14). The van der Waals surface area contributed by atoms with Gasteiger partial charge in [-0.1, -0.05) is 0 Å². The Kier molecular flexibility index (Phi) is 3.80. The van der Waals surface area contributed by atoms with E-state index in [1.54, 1.807) is 38.6 Å². The summed E-state index contributed by atoms with van der Waals surface area (Å²) in [4.78, 5) is 15.1. The highest BCUT2D eigenvalue weighted by Crippen LogP contribution is 2.27. The number of nitrogens with zero attached hydrogens (tertiary/aromatic N) is 1. The molecule has 0 aliphatic rings. The second-order valence-corrected chi connectivity index (χ2v) is 3.62. The molecule has 1 heterocycles. The van der Waals surface area contributed by atoms with Crippen LogP contribution in [-0.2, 0) is 14.9 Å². The highest BCUT2D eigenvalue weighted by atomic mass is 16.5. The van der Waals surface area contributed by atoms with Crippen LogP contribution < -0.4 is 0 Å². The lowest BCUT2D eigenvalue weighted by molar-refractivity contribution is -0.143. The molecule has 0 aliphatic carbocycles. The molecule has 1 aromatic heterocycles. The Labute approximate surface area is 88.9 Å². The average molecular weight is 209 g/mol. The van der Waals surface area contributed by atoms with Gasteiger partial charge in [0.2, 0.25) is 0 Å². The number of hydrogen-bond acceptors (Lipinski definition) is 3. The molecule has 0 saturated heterocycles. The molecular weight excluding hydrogens is 194 g/mol. The zero-order valence-electron chi connectivity index (χ0n) is 8.93. The van der Waals surface area contributed by atoms with Gasteiger partial charge in [-0.15, -0.1) is 0 Å². The summed E-state index contributed by atoms with van der Waals surface area (Å²) in [6, 6.07) is 3.45. The fourth-order valence-electron chi connectivity index (χ4n) is 1.40. The molecular formula is C11H15NO3. The molecule has 4 nitrogen and oxygen atoms in total. The van der Waals surface area contributed by atoms with E-state index < -0.39 is 11.4 Å². The van der Waals surface area contributed by atoms with E-state index in [0.717, 1.165) is 5.56 Å². The van der Waals surface area contributed by atoms with E-state index in [9.17, 15) is 9.90 Å². The predicted octanol–water partition coefficient (Wildman–Crippen LogP) is 1.46. The predicted molar refractivity (Wildman–Crippen MR) is 55.7 cm³/mol. The van der Waals surface area contributed by atoms with Crippen LogP contribution in [0.3, 0.4) is 0 Å². The highest BCUT2D eigenvalue weighted by molar-refractivity contribution is 5.80. The van der Waals surface area contributed by atoms with Crippen molar-refractivity contribution in [3.8, 4) is 0 Å². The first kappa shape index (κ1) is 11.7. The number of carbonyl (C=O) groups is 1. The van der Waals surface area contributed by atoms with Gasteiger partial charge in [0.25, 0.3) is 0 Å². The van der Waals surface area contributed by atoms with Crippen LogP contribution in [0.4, 0.5) is 0 Å². The van der Waals surface area contributed by atoms with Gasteiger partial charge < -0.3 is 9.84 Å². The van der Waals surface area contributed by atoms with Crippen LogP contribution in [0.2, 0.25) is 0 Å². The summed E-state index contributed by atoms with van der Waals surface area (Å²) in [6.07, 6.45) is 3.65. The van der Waals surface area contributed by atoms with Crippen molar-refractivity contribution in [3.63, 3.8) is 0 Å². The smallest absolute Gasteiger partial charge is 0.313 e. The normalized spacial score (nSPS) is 14.5. The van der Waals surface area contributed by atoms with Gasteiger partial charge in [-0.3, -0.25) is 9.78 Å². The van der Waals surface area contributed by atoms with Crippen LogP contribution in [0.5, 0.6) is 0 Å². The fraction of sp³-hybridized carbons (Fsp3) is 0.455. The lowest BCUT2D eigenvalue weighted by Crippen LogP contribution is -2.33. The molecule has 15 heavy (non-hydrogen) atoms. The summed E-state index contributed by atoms with van der Waals surface area (Å²) in [5, 5.41) is 9.24. The SMILES string of the molecule is COCCC(C)(C(=O)O)c1ccncc1. The van der Waals surface area contributed by atoms with Crippen molar-refractivity contribution in [1.82, 2.24) is 4.98 Å². The van der Waals surface area contributed by atoms with E-state index in [1.165, 1.54) is 0 Å². The topological polar surface area (TPSA) is 59.4 Å². The van der Waals surface area contributed by atoms with Crippen molar-refractivity contribution in [2.24, 2.45) is 0 Å². The molecule has 1 N–H and O–H groups in total. The number of hydrogen-bond donors (Lipinski definition) is 1. The van der Waals surface area contributed by atoms with E-state index in [0.29, 0.717) is 13.0 Å². The van der Waals surface area contributed by atoms with Gasteiger partial charge in [-0.25, -0.2) is 0 Å². The summed E-state index contributed by atoms with van der Waals surface area (Å²) >= 11 is 0. The Balaban J connectivity index is 2.96. The van der Waals surface area contributed by atoms with E-state index in [-0.39, 0.29) is 0 Å². The van der Waals surface area contributed by atoms with E-state index in [2.05, 4.69) is 4.98 Å². The molecule has 1 atom stereocenters. The van der Waals surface area contributed by atoms with Crippen LogP contribution in [0.25, 0.3) is 0 Å². The van der Waals surface area contributed by atoms with Crippen LogP contribution >= 0.6 is 0 Å². The van der Waals surface area contributed by atoms with Gasteiger partial charge in [-0.05, 0) is 31.0 Å². The van der Waals surface area contributed by atoms with Crippen molar-refractivity contribution in [3.05, 3.63) is 30.1 Å². The van der Waals surface area contributed by atoms with Crippen molar-refractivity contribution in [1.29, 1.82) is 0 Å². The van der Waals surface area contributed by atoms with Crippen LogP contribution in [-0.4, -0.2) is 29.8 Å². The van der Waals surface area contributed by atoms with Gasteiger partial charge in [0.1, 0.15) is 0 Å². The Morgan fingerprint density at radius 1 is 1.53 bits per heavy atom. The number of aromatic nitrogens is 1. The number of aliphatic carboxylic acids is 1. The summed E-state index contributed by atoms with van der Waals surface area (Å²) in [6.45, 7) is 2.12. The maximum Gasteiger partial charge on any atom is 0.313 e. The van der Waals surface area contributed by atoms with E-state index in [1.807, 2.05) is 0 Å². The molecule has 0 fully saturated rings. The monoisotopic (exact) mass is 209 g/mol. The quantitative estimate of drug-likeness (QED) is 0.797. The summed E-state index contributed by atoms with van der Waals surface area (Å²) in [7, 11) is 1.56. The van der Waals surface area contributed by atoms with Crippen molar-refractivity contribution in [2.75, 3.05) is 13.7 Å². The van der Waals surface area contributed by atoms with Gasteiger partial charge in [-0.2, -0.15) is 0 Å². The minimum absolute atomic E-state index is 0.422. The Hall–Kier alpha value is -1.42. The largest absolute Gasteiger partial charge is 0.481 e. The van der Waals surface area contributed by atoms with Crippen molar-refractivity contribution >= 4 is 5.97 Å². The minimum atomic E-state index is -0.904. The first-order chi connectivity index (χ1) is 7.11. The first-order valence-electron chi connectivity index (χ1n) is 4.74. The van der Waals surface area contributed by atoms with Crippen LogP contribution in [0.1, 0.15) is 18.9 Å². The number of methoxy groups -OCH3 is 1. The lowest BCUT2D eigenvalue weighted by Gasteiger charge is -2.24. The van der Waals surface area contributed by atoms with Gasteiger partial charge >= 0.3 is 5.97 Å². The molecule has 1 aromatic rings. The van der Waals surface area contributed by atoms with Gasteiger partial charge in [0.05, 0.1) is 5.41 Å². The Morgan fingerprint density at radius 2 is 2.13 bits per heavy atom. The molecule has 1 rings (SSSR count). The third kappa shape index (κ3) is 2.53. The third-order valence-electron chi connectivity index (χ3n) is 2.60. The van der Waals surface area contributed by atoms with E-state index >= 15 is 0 Å². The number of ether oxygens (including phenoxy) is 1. The van der Waals surface area contributed by atoms with Gasteiger partial charge in [0.15, 0.2) is 0 Å². The third-order valence-corrected chi connectivity index (χ3v) is 2.60. The van der Waals surface area contributed by atoms with Gasteiger partial charge in [0, 0.05) is 26.1 Å². The number of carboxylic acid groups (broad SMARTS) is 1. The first-order valence-corrected chi connectivity index (χ1v) is 4.74. The lowest BCUT2D eigenvalue weighted by atomic mass is 9.80. The molecule has 0 amide bonds. The highest BCUT2D eigenvalue weighted by Gasteiger charge is 2.34. The molecule has 0 aliphatic heterocycles. The average Bonchev–Trinajstić information content (AvgIpc) is 2.27. The molecule has 0 radical (unpaired) electrons. The summed E-state index contributed by atoms with van der Waals surface area (Å²) in [5.41, 5.74) is -0.152. The number of rotatable bonds is 5. The number of pyridine rings is 1. The summed E-state index contributed by atoms with van der Waals surface area (Å²) in [5.74, 6) is -0.842. The van der Waals surface area contributed by atoms with E-state index in [4.69, 9.17) is 4.74 Å². The molecule has 0 saturated carbocycles. The van der Waals surface area contributed by atoms with Crippen LogP contribution in [0, 0.1) is 0 Å². The molecule has 4 heteroatoms. The maximum atomic E-state index is 11.3. The molecule has 0 aromatic carbocycles. The second kappa shape index (κ2) is 4.89. The zero-order chi connectivity index (χ0) is 11.3. The summed E-state index contributed by atoms with van der Waals surface area (Å²) < 4.78 is 4.93. The van der Waals surface area contributed by atoms with Crippen molar-refractivity contribution < 1.29 is 14.6 Å². The molecule has 82 valence electrons. The fourth-order valence-corrected chi connectivity index (χ4v) is 1.40. The van der Waals surface area contributed by atoms with Crippen LogP contribution in [0.15, 0.2) is 24.5 Å². The van der Waals surface area contributed by atoms with Crippen molar-refractivity contribution in [2.45, 2.75) is 18.8 Å². The Bertz CT molecular complexity index is 326. The molecule has 0 spiro atoms.